The maximum absolute atomic E-state index is 14.4. The van der Waals surface area contributed by atoms with Crippen LogP contribution < -0.4 is 4.74 Å². The minimum Gasteiger partial charge on any atom is -0.455 e. The number of alkyl halides is 3. The van der Waals surface area contributed by atoms with Gasteiger partial charge in [-0.2, -0.15) is 14.0 Å². The molecule has 2 aromatic rings. The Hall–Kier alpha value is -2.97. The SMILES string of the molecule is N#Cc1cncc(Oc2ccc3c4c2C(=O)C(F)C4(O)C(F)(F)S3(=O)=O)c1. The monoisotopic (exact) mass is 396 g/mol. The van der Waals surface area contributed by atoms with Gasteiger partial charge in [-0.3, -0.25) is 9.78 Å². The summed E-state index contributed by atoms with van der Waals surface area (Å²) in [6.07, 6.45) is -0.833. The number of hydrogen-bond acceptors (Lipinski definition) is 7. The molecule has 27 heavy (non-hydrogen) atoms. The molecule has 1 aliphatic heterocycles. The predicted octanol–water partition coefficient (Wildman–Crippen LogP) is 1.85. The zero-order valence-electron chi connectivity index (χ0n) is 13.0. The van der Waals surface area contributed by atoms with Crippen molar-refractivity contribution < 1.29 is 36.2 Å². The first-order valence-electron chi connectivity index (χ1n) is 7.31. The highest BCUT2D eigenvalue weighted by Gasteiger charge is 2.78. The Morgan fingerprint density at radius 1 is 1.30 bits per heavy atom. The van der Waals surface area contributed by atoms with Gasteiger partial charge in [0, 0.05) is 17.8 Å². The number of ketones is 1. The smallest absolute Gasteiger partial charge is 0.385 e. The van der Waals surface area contributed by atoms with Gasteiger partial charge in [-0.15, -0.1) is 0 Å². The van der Waals surface area contributed by atoms with Crippen LogP contribution in [-0.2, 0) is 15.4 Å². The molecular formula is C16H7F3N2O5S. The van der Waals surface area contributed by atoms with Gasteiger partial charge in [0.2, 0.25) is 27.4 Å². The number of nitriles is 1. The molecule has 0 amide bonds. The fourth-order valence-electron chi connectivity index (χ4n) is 3.24. The number of rotatable bonds is 2. The second-order valence-corrected chi connectivity index (χ2v) is 7.91. The highest BCUT2D eigenvalue weighted by atomic mass is 32.2. The van der Waals surface area contributed by atoms with Crippen molar-refractivity contribution in [1.82, 2.24) is 4.98 Å². The summed E-state index contributed by atoms with van der Waals surface area (Å²) < 4.78 is 72.6. The van der Waals surface area contributed by atoms with E-state index < -0.39 is 54.4 Å². The zero-order chi connectivity index (χ0) is 19.8. The average Bonchev–Trinajstić information content (AvgIpc) is 2.91. The van der Waals surface area contributed by atoms with Gasteiger partial charge in [0.1, 0.15) is 17.6 Å². The van der Waals surface area contributed by atoms with Gasteiger partial charge in [0.15, 0.2) is 0 Å². The molecule has 1 aromatic carbocycles. The summed E-state index contributed by atoms with van der Waals surface area (Å²) in [6, 6.07) is 4.62. The number of Topliss-reactive ketones (excluding diaryl/α,β-unsaturated/α-hetero) is 1. The summed E-state index contributed by atoms with van der Waals surface area (Å²) in [6.45, 7) is 0. The number of benzene rings is 1. The van der Waals surface area contributed by atoms with Crippen LogP contribution in [-0.4, -0.2) is 35.7 Å². The molecule has 1 N–H and O–H groups in total. The number of halogens is 3. The van der Waals surface area contributed by atoms with E-state index in [-0.39, 0.29) is 11.3 Å². The molecule has 4 rings (SSSR count). The summed E-state index contributed by atoms with van der Waals surface area (Å²) in [7, 11) is -5.41. The highest BCUT2D eigenvalue weighted by molar-refractivity contribution is 7.93. The van der Waals surface area contributed by atoms with Crippen LogP contribution in [0.2, 0.25) is 0 Å². The van der Waals surface area contributed by atoms with Crippen molar-refractivity contribution in [1.29, 1.82) is 5.26 Å². The first kappa shape index (κ1) is 17.4. The van der Waals surface area contributed by atoms with E-state index >= 15 is 0 Å². The fraction of sp³-hybridized carbons (Fsp3) is 0.188. The minimum absolute atomic E-state index is 0.0727. The molecule has 1 aromatic heterocycles. The maximum atomic E-state index is 14.4. The molecule has 138 valence electrons. The standard InChI is InChI=1S/C16H7F3N2O5S/c17-14-13(22)11-9(26-8-3-7(4-20)5-21-6-8)1-2-10-12(11)15(14,23)16(18,19)27(10,24)25/h1-3,5-6,14,23H. The molecule has 0 saturated heterocycles. The number of pyridine rings is 1. The fourth-order valence-corrected chi connectivity index (χ4v) is 4.90. The topological polar surface area (TPSA) is 117 Å². The molecule has 7 nitrogen and oxygen atoms in total. The van der Waals surface area contributed by atoms with E-state index in [1.807, 2.05) is 0 Å². The highest BCUT2D eigenvalue weighted by Crippen LogP contribution is 2.61. The van der Waals surface area contributed by atoms with Crippen LogP contribution in [0.15, 0.2) is 35.5 Å². The van der Waals surface area contributed by atoms with Gasteiger partial charge >= 0.3 is 5.25 Å². The molecule has 0 radical (unpaired) electrons. The minimum atomic E-state index is -5.41. The first-order chi connectivity index (χ1) is 12.6. The number of carbonyl (C=O) groups excluding carboxylic acids is 1. The van der Waals surface area contributed by atoms with Crippen LogP contribution in [0.4, 0.5) is 13.2 Å². The summed E-state index contributed by atoms with van der Waals surface area (Å²) in [5, 5.41) is 14.2. The molecule has 0 bridgehead atoms. The van der Waals surface area contributed by atoms with E-state index in [0.717, 1.165) is 12.3 Å². The summed E-state index contributed by atoms with van der Waals surface area (Å²) in [4.78, 5) is 14.9. The second-order valence-electron chi connectivity index (χ2n) is 5.95. The van der Waals surface area contributed by atoms with Crippen molar-refractivity contribution in [3.63, 3.8) is 0 Å². The van der Waals surface area contributed by atoms with Gasteiger partial charge in [-0.25, -0.2) is 12.8 Å². The van der Waals surface area contributed by atoms with Crippen LogP contribution in [0.1, 0.15) is 21.5 Å². The molecule has 2 atom stereocenters. The molecular weight excluding hydrogens is 389 g/mol. The van der Waals surface area contributed by atoms with Crippen LogP contribution in [0, 0.1) is 11.3 Å². The molecule has 0 fully saturated rings. The average molecular weight is 396 g/mol. The van der Waals surface area contributed by atoms with Gasteiger partial charge in [0.05, 0.1) is 22.2 Å². The summed E-state index contributed by atoms with van der Waals surface area (Å²) in [5.41, 5.74) is -5.55. The summed E-state index contributed by atoms with van der Waals surface area (Å²) >= 11 is 0. The quantitative estimate of drug-likeness (QED) is 0.823. The predicted molar refractivity (Wildman–Crippen MR) is 80.7 cm³/mol. The largest absolute Gasteiger partial charge is 0.455 e. The van der Waals surface area contributed by atoms with Gasteiger partial charge in [-0.05, 0) is 12.1 Å². The number of hydrogen-bond donors (Lipinski definition) is 1. The molecule has 2 aliphatic rings. The van der Waals surface area contributed by atoms with Gasteiger partial charge in [0.25, 0.3) is 0 Å². The van der Waals surface area contributed by atoms with Crippen molar-refractivity contribution in [3.8, 4) is 17.6 Å². The van der Waals surface area contributed by atoms with Crippen LogP contribution in [0.25, 0.3) is 0 Å². The van der Waals surface area contributed by atoms with E-state index in [2.05, 4.69) is 4.98 Å². The summed E-state index contributed by atoms with van der Waals surface area (Å²) in [5.74, 6) is -2.04. The maximum Gasteiger partial charge on any atom is 0.385 e. The Morgan fingerprint density at radius 2 is 2.00 bits per heavy atom. The molecule has 0 saturated carbocycles. The van der Waals surface area contributed by atoms with E-state index in [9.17, 15) is 31.5 Å². The van der Waals surface area contributed by atoms with E-state index in [1.54, 1.807) is 6.07 Å². The lowest BCUT2D eigenvalue weighted by molar-refractivity contribution is -0.151. The van der Waals surface area contributed by atoms with Crippen LogP contribution in [0.5, 0.6) is 11.5 Å². The normalized spacial score (nSPS) is 26.5. The zero-order valence-corrected chi connectivity index (χ0v) is 13.8. The van der Waals surface area contributed by atoms with E-state index in [0.29, 0.717) is 6.07 Å². The molecule has 1 aliphatic carbocycles. The van der Waals surface area contributed by atoms with Crippen molar-refractivity contribution >= 4 is 15.6 Å². The number of sulfone groups is 1. The lowest BCUT2D eigenvalue weighted by Gasteiger charge is -2.26. The third kappa shape index (κ3) is 1.86. The van der Waals surface area contributed by atoms with Crippen molar-refractivity contribution in [3.05, 3.63) is 47.3 Å². The molecule has 2 unspecified atom stereocenters. The number of nitrogens with zero attached hydrogens (tertiary/aromatic N) is 2. The second kappa shape index (κ2) is 5.05. The molecule has 0 spiro atoms. The molecule has 2 heterocycles. The van der Waals surface area contributed by atoms with Crippen LogP contribution >= 0.6 is 0 Å². The number of aliphatic hydroxyl groups is 1. The Labute approximate surface area is 149 Å². The third-order valence-corrected chi connectivity index (χ3v) is 6.40. The lowest BCUT2D eigenvalue weighted by Crippen LogP contribution is -2.50. The Morgan fingerprint density at radius 3 is 2.67 bits per heavy atom. The van der Waals surface area contributed by atoms with Crippen LogP contribution in [0.3, 0.4) is 0 Å². The number of aromatic nitrogens is 1. The lowest BCUT2D eigenvalue weighted by atomic mass is 9.95. The number of carbonyl (C=O) groups is 1. The third-order valence-electron chi connectivity index (χ3n) is 4.49. The first-order valence-corrected chi connectivity index (χ1v) is 8.79. The molecule has 11 heteroatoms. The van der Waals surface area contributed by atoms with Gasteiger partial charge in [-0.1, -0.05) is 0 Å². The Balaban J connectivity index is 1.96. The Bertz CT molecular complexity index is 1180. The van der Waals surface area contributed by atoms with Crippen molar-refractivity contribution in [2.24, 2.45) is 0 Å². The van der Waals surface area contributed by atoms with Crippen molar-refractivity contribution in [2.75, 3.05) is 0 Å². The van der Waals surface area contributed by atoms with Crippen molar-refractivity contribution in [2.45, 2.75) is 21.9 Å². The van der Waals surface area contributed by atoms with Gasteiger partial charge < -0.3 is 9.84 Å². The Kier molecular flexibility index (Phi) is 3.26. The number of ether oxygens (including phenoxy) is 1. The van der Waals surface area contributed by atoms with E-state index in [1.165, 1.54) is 12.3 Å². The van der Waals surface area contributed by atoms with E-state index in [4.69, 9.17) is 10.00 Å².